The summed E-state index contributed by atoms with van der Waals surface area (Å²) in [6.07, 6.45) is 9.96. The quantitative estimate of drug-likeness (QED) is 0.433. The molecule has 1 aromatic rings. The molecule has 0 radical (unpaired) electrons. The molecule has 0 N–H and O–H groups in total. The van der Waals surface area contributed by atoms with Crippen LogP contribution in [0.15, 0.2) is 29.2 Å². The average molecular weight is 419 g/mol. The smallest absolute Gasteiger partial charge is 0.744 e. The Balaban J connectivity index is 0.00000392. The van der Waals surface area contributed by atoms with E-state index in [1.54, 1.807) is 12.1 Å². The van der Waals surface area contributed by atoms with Crippen LogP contribution in [-0.2, 0) is 14.9 Å². The fraction of sp³-hybridized carbons (Fsp3) is 0.727. The van der Waals surface area contributed by atoms with Crippen molar-refractivity contribution in [2.45, 2.75) is 83.1 Å². The third-order valence-corrected chi connectivity index (χ3v) is 6.55. The Morgan fingerprint density at radius 1 is 1.04 bits per heavy atom. The first-order valence-electron chi connectivity index (χ1n) is 10.4. The van der Waals surface area contributed by atoms with Crippen molar-refractivity contribution in [2.24, 2.45) is 17.8 Å². The Hall–Kier alpha value is 0.0900. The zero-order chi connectivity index (χ0) is 19.9. The zero-order valence-electron chi connectivity index (χ0n) is 18.0. The van der Waals surface area contributed by atoms with Crippen LogP contribution in [0.3, 0.4) is 0 Å². The van der Waals surface area contributed by atoms with E-state index in [0.29, 0.717) is 5.92 Å². The van der Waals surface area contributed by atoms with Gasteiger partial charge in [-0.15, -0.1) is 0 Å². The van der Waals surface area contributed by atoms with Crippen molar-refractivity contribution >= 4 is 10.1 Å². The van der Waals surface area contributed by atoms with Gasteiger partial charge in [0, 0.05) is 0 Å². The fourth-order valence-electron chi connectivity index (χ4n) is 3.92. The van der Waals surface area contributed by atoms with Crippen molar-refractivity contribution in [3.05, 3.63) is 29.8 Å². The molecule has 28 heavy (non-hydrogen) atoms. The van der Waals surface area contributed by atoms with Gasteiger partial charge in [-0.1, -0.05) is 65.0 Å². The average Bonchev–Trinajstić information content (AvgIpc) is 2.61. The van der Waals surface area contributed by atoms with E-state index in [1.807, 2.05) is 0 Å². The molecule has 0 amide bonds. The molecular formula is C22H35NaO4S. The van der Waals surface area contributed by atoms with Crippen molar-refractivity contribution in [2.75, 3.05) is 6.61 Å². The maximum absolute atomic E-state index is 11.0. The van der Waals surface area contributed by atoms with Gasteiger partial charge in [0.1, 0.15) is 10.1 Å². The predicted octanol–water partition coefficient (Wildman–Crippen LogP) is 2.70. The van der Waals surface area contributed by atoms with E-state index in [0.717, 1.165) is 36.8 Å². The van der Waals surface area contributed by atoms with Crippen LogP contribution >= 0.6 is 0 Å². The fourth-order valence-corrected chi connectivity index (χ4v) is 4.39. The van der Waals surface area contributed by atoms with Gasteiger partial charge < -0.3 is 9.29 Å². The van der Waals surface area contributed by atoms with E-state index in [2.05, 4.69) is 20.8 Å². The molecular weight excluding hydrogens is 383 g/mol. The van der Waals surface area contributed by atoms with Crippen molar-refractivity contribution in [3.8, 4) is 0 Å². The van der Waals surface area contributed by atoms with Crippen molar-refractivity contribution in [1.29, 1.82) is 0 Å². The van der Waals surface area contributed by atoms with E-state index >= 15 is 0 Å². The Labute approximate surface area is 193 Å². The number of ether oxygens (including phenoxy) is 1. The van der Waals surface area contributed by atoms with Crippen molar-refractivity contribution in [1.82, 2.24) is 0 Å². The van der Waals surface area contributed by atoms with Crippen molar-refractivity contribution < 1.29 is 47.3 Å². The van der Waals surface area contributed by atoms with Crippen LogP contribution in [0.1, 0.15) is 83.8 Å². The van der Waals surface area contributed by atoms with Crippen LogP contribution in [0.4, 0.5) is 0 Å². The molecule has 3 unspecified atom stereocenters. The molecule has 1 aliphatic heterocycles. The summed E-state index contributed by atoms with van der Waals surface area (Å²) in [5.74, 6) is 2.26. The summed E-state index contributed by atoms with van der Waals surface area (Å²) in [5.41, 5.74) is 0.958. The summed E-state index contributed by atoms with van der Waals surface area (Å²) in [6, 6.07) is 6.17. The van der Waals surface area contributed by atoms with Gasteiger partial charge in [-0.25, -0.2) is 8.42 Å². The zero-order valence-corrected chi connectivity index (χ0v) is 20.8. The second kappa shape index (κ2) is 12.7. The first kappa shape index (κ1) is 26.1. The molecule has 0 aromatic heterocycles. The Kier molecular flexibility index (Phi) is 11.9. The standard InChI is InChI=1S/C22H36O4S.Na/c1-17(2)6-4-7-18(3)8-5-9-19-10-15-22(26-16-19)20-11-13-21(14-12-20)27(23,24)25;/h11-14,17-19,22H,4-10,15-16H2,1-3H3,(H,23,24,25);/q;+1/p-1. The molecule has 1 aliphatic rings. The minimum Gasteiger partial charge on any atom is -0.744 e. The second-order valence-electron chi connectivity index (χ2n) is 8.65. The Bertz CT molecular complexity index is 650. The monoisotopic (exact) mass is 418 g/mol. The molecule has 1 heterocycles. The summed E-state index contributed by atoms with van der Waals surface area (Å²) in [7, 11) is -4.38. The maximum atomic E-state index is 11.0. The van der Waals surface area contributed by atoms with Crippen molar-refractivity contribution in [3.63, 3.8) is 0 Å². The first-order valence-corrected chi connectivity index (χ1v) is 11.8. The molecule has 1 aromatic carbocycles. The summed E-state index contributed by atoms with van der Waals surface area (Å²) < 4.78 is 39.1. The molecule has 0 bridgehead atoms. The number of hydrogen-bond acceptors (Lipinski definition) is 4. The van der Waals surface area contributed by atoms with Gasteiger partial charge in [0.25, 0.3) is 0 Å². The van der Waals surface area contributed by atoms with Gasteiger partial charge >= 0.3 is 29.6 Å². The molecule has 1 saturated heterocycles. The minimum atomic E-state index is -4.38. The Morgan fingerprint density at radius 2 is 1.68 bits per heavy atom. The predicted molar refractivity (Wildman–Crippen MR) is 108 cm³/mol. The van der Waals surface area contributed by atoms with Crippen LogP contribution < -0.4 is 29.6 Å². The van der Waals surface area contributed by atoms with Crippen LogP contribution in [-0.4, -0.2) is 19.6 Å². The second-order valence-corrected chi connectivity index (χ2v) is 10.0. The molecule has 2 rings (SSSR count). The van der Waals surface area contributed by atoms with E-state index < -0.39 is 10.1 Å². The number of hydrogen-bond donors (Lipinski definition) is 0. The molecule has 3 atom stereocenters. The largest absolute Gasteiger partial charge is 1.00 e. The number of rotatable bonds is 10. The summed E-state index contributed by atoms with van der Waals surface area (Å²) in [4.78, 5) is -0.178. The third kappa shape index (κ3) is 9.27. The first-order chi connectivity index (χ1) is 12.8. The van der Waals surface area contributed by atoms with Gasteiger partial charge in [0.15, 0.2) is 0 Å². The summed E-state index contributed by atoms with van der Waals surface area (Å²) in [5, 5.41) is 0. The van der Waals surface area contributed by atoms with Crippen LogP contribution in [0.5, 0.6) is 0 Å². The van der Waals surface area contributed by atoms with Crippen LogP contribution in [0.2, 0.25) is 0 Å². The van der Waals surface area contributed by atoms with Gasteiger partial charge in [0.05, 0.1) is 17.6 Å². The molecule has 6 heteroatoms. The van der Waals surface area contributed by atoms with E-state index in [1.165, 1.54) is 50.7 Å². The van der Waals surface area contributed by atoms with Gasteiger partial charge in [-0.3, -0.25) is 0 Å². The molecule has 4 nitrogen and oxygen atoms in total. The Morgan fingerprint density at radius 3 is 2.21 bits per heavy atom. The maximum Gasteiger partial charge on any atom is 1.00 e. The van der Waals surface area contributed by atoms with Crippen LogP contribution in [0.25, 0.3) is 0 Å². The molecule has 0 spiro atoms. The summed E-state index contributed by atoms with van der Waals surface area (Å²) >= 11 is 0. The van der Waals surface area contributed by atoms with Crippen LogP contribution in [0, 0.1) is 17.8 Å². The molecule has 0 aliphatic carbocycles. The van der Waals surface area contributed by atoms with E-state index in [4.69, 9.17) is 4.74 Å². The van der Waals surface area contributed by atoms with Gasteiger partial charge in [0.2, 0.25) is 0 Å². The molecule has 154 valence electrons. The SMILES string of the molecule is CC(C)CCCC(C)CCCC1CCC(c2ccc(S(=O)(=O)[O-])cc2)OC1.[Na+]. The van der Waals surface area contributed by atoms with E-state index in [9.17, 15) is 13.0 Å². The third-order valence-electron chi connectivity index (χ3n) is 5.70. The minimum absolute atomic E-state index is 0. The molecule has 1 fully saturated rings. The molecule has 0 saturated carbocycles. The van der Waals surface area contributed by atoms with Gasteiger partial charge in [-0.05, 0) is 54.7 Å². The topological polar surface area (TPSA) is 66.4 Å². The van der Waals surface area contributed by atoms with E-state index in [-0.39, 0.29) is 40.6 Å². The normalized spacial score (nSPS) is 21.3. The van der Waals surface area contributed by atoms with Gasteiger partial charge in [-0.2, -0.15) is 0 Å². The number of benzene rings is 1. The summed E-state index contributed by atoms with van der Waals surface area (Å²) in [6.45, 7) is 7.73.